The molecule has 3 N–H and O–H groups in total. The fourth-order valence-electron chi connectivity index (χ4n) is 3.05. The summed E-state index contributed by atoms with van der Waals surface area (Å²) in [4.78, 5) is 27.3. The molecule has 9 nitrogen and oxygen atoms in total. The van der Waals surface area contributed by atoms with Gasteiger partial charge in [0.15, 0.2) is 0 Å². The molecule has 3 aromatic rings. The summed E-state index contributed by atoms with van der Waals surface area (Å²) >= 11 is 5.77. The summed E-state index contributed by atoms with van der Waals surface area (Å²) in [6, 6.07) is 5.61. The van der Waals surface area contributed by atoms with E-state index < -0.39 is 16.5 Å². The first-order valence-electron chi connectivity index (χ1n) is 8.62. The van der Waals surface area contributed by atoms with Gasteiger partial charge in [-0.1, -0.05) is 17.7 Å². The monoisotopic (exact) mass is 422 g/mol. The van der Waals surface area contributed by atoms with Crippen molar-refractivity contribution in [2.24, 2.45) is 0 Å². The molecule has 0 aliphatic carbocycles. The average Bonchev–Trinajstić information content (AvgIpc) is 3.04. The van der Waals surface area contributed by atoms with Crippen LogP contribution in [0.1, 0.15) is 16.3 Å². The molecule has 0 spiro atoms. The molecule has 1 amide bonds. The minimum atomic E-state index is -2.45. The molecular formula is C17H19ClN6O3S. The van der Waals surface area contributed by atoms with Crippen molar-refractivity contribution in [3.63, 3.8) is 0 Å². The number of hydrogen-bond donors (Lipinski definition) is 3. The molecule has 0 unspecified atom stereocenters. The molecule has 3 aromatic heterocycles. The van der Waals surface area contributed by atoms with Crippen molar-refractivity contribution in [3.05, 3.63) is 53.3 Å². The summed E-state index contributed by atoms with van der Waals surface area (Å²) in [5.41, 5.74) is 1.57. The van der Waals surface area contributed by atoms with Gasteiger partial charge in [0, 0.05) is 25.8 Å². The molecule has 28 heavy (non-hydrogen) atoms. The topological polar surface area (TPSA) is 116 Å². The number of rotatable bonds is 4. The molecular weight excluding hydrogens is 404 g/mol. The Morgan fingerprint density at radius 1 is 1.21 bits per heavy atom. The van der Waals surface area contributed by atoms with Gasteiger partial charge in [0.2, 0.25) is 11.8 Å². The zero-order chi connectivity index (χ0) is 19.7. The van der Waals surface area contributed by atoms with Crippen molar-refractivity contribution in [1.82, 2.24) is 24.3 Å². The maximum absolute atomic E-state index is 12.7. The van der Waals surface area contributed by atoms with Gasteiger partial charge in [-0.25, -0.2) is 15.0 Å². The third kappa shape index (κ3) is 4.10. The Labute approximate surface area is 167 Å². The summed E-state index contributed by atoms with van der Waals surface area (Å²) in [6.07, 6.45) is 4.58. The highest BCUT2D eigenvalue weighted by Gasteiger charge is 2.24. The van der Waals surface area contributed by atoms with Crippen LogP contribution >= 0.6 is 22.2 Å². The Morgan fingerprint density at radius 2 is 1.93 bits per heavy atom. The van der Waals surface area contributed by atoms with E-state index in [1.165, 1.54) is 12.4 Å². The fraction of sp³-hybridized carbons (Fsp3) is 0.294. The molecule has 0 atom stereocenters. The minimum Gasteiger partial charge on any atom is -0.299 e. The van der Waals surface area contributed by atoms with Crippen LogP contribution in [0.15, 0.2) is 36.8 Å². The van der Waals surface area contributed by atoms with Gasteiger partial charge in [0.05, 0.1) is 40.1 Å². The number of pyridine rings is 1. The van der Waals surface area contributed by atoms with E-state index in [0.717, 1.165) is 11.2 Å². The molecule has 1 fully saturated rings. The number of hydrogen-bond acceptors (Lipinski definition) is 7. The minimum absolute atomic E-state index is 0.143. The van der Waals surface area contributed by atoms with Crippen molar-refractivity contribution in [2.45, 2.75) is 6.54 Å². The van der Waals surface area contributed by atoms with E-state index in [2.05, 4.69) is 25.2 Å². The Balaban J connectivity index is 1.57. The van der Waals surface area contributed by atoms with E-state index in [9.17, 15) is 13.9 Å². The van der Waals surface area contributed by atoms with Crippen LogP contribution in [0.2, 0.25) is 5.02 Å². The second-order valence-corrected chi connectivity index (χ2v) is 9.36. The first-order valence-corrected chi connectivity index (χ1v) is 10.9. The molecule has 1 aliphatic heterocycles. The predicted octanol–water partition coefficient (Wildman–Crippen LogP) is 2.60. The van der Waals surface area contributed by atoms with E-state index in [4.69, 9.17) is 11.6 Å². The third-order valence-corrected chi connectivity index (χ3v) is 6.38. The van der Waals surface area contributed by atoms with E-state index in [1.807, 2.05) is 18.2 Å². The zero-order valence-corrected chi connectivity index (χ0v) is 16.4. The van der Waals surface area contributed by atoms with Crippen molar-refractivity contribution < 1.29 is 13.9 Å². The normalized spacial score (nSPS) is 18.1. The number of fused-ring (bicyclic) bond motifs is 1. The highest BCUT2D eigenvalue weighted by Crippen LogP contribution is 2.40. The lowest BCUT2D eigenvalue weighted by Crippen LogP contribution is -2.37. The molecule has 1 saturated heterocycles. The number of aromatic nitrogens is 4. The van der Waals surface area contributed by atoms with Gasteiger partial charge in [-0.05, 0) is 12.1 Å². The van der Waals surface area contributed by atoms with Gasteiger partial charge in [-0.15, -0.1) is 0 Å². The van der Waals surface area contributed by atoms with Crippen LogP contribution < -0.4 is 5.32 Å². The van der Waals surface area contributed by atoms with E-state index >= 15 is 0 Å². The number of imidazole rings is 1. The lowest BCUT2D eigenvalue weighted by molar-refractivity contribution is 0.101. The second kappa shape index (κ2) is 7.64. The number of halogens is 1. The molecule has 0 bridgehead atoms. The Morgan fingerprint density at radius 3 is 2.64 bits per heavy atom. The van der Waals surface area contributed by atoms with Crippen LogP contribution in [0.25, 0.3) is 5.52 Å². The SMILES string of the molecule is O=C(Nc1ncc(Cl)cn1)c1nc(CN2CCS(O)(O)CC2)c2ccccn12. The van der Waals surface area contributed by atoms with Crippen LogP contribution in [-0.2, 0) is 6.54 Å². The van der Waals surface area contributed by atoms with E-state index in [-0.39, 0.29) is 11.8 Å². The molecule has 0 saturated carbocycles. The number of amides is 1. The first kappa shape index (κ1) is 19.1. The summed E-state index contributed by atoms with van der Waals surface area (Å²) in [7, 11) is -2.45. The van der Waals surface area contributed by atoms with Crippen LogP contribution in [0.3, 0.4) is 0 Å². The first-order chi connectivity index (χ1) is 13.4. The maximum Gasteiger partial charge on any atom is 0.294 e. The zero-order valence-electron chi connectivity index (χ0n) is 14.8. The van der Waals surface area contributed by atoms with Crippen molar-refractivity contribution in [1.29, 1.82) is 0 Å². The van der Waals surface area contributed by atoms with Gasteiger partial charge in [-0.2, -0.15) is 10.6 Å². The van der Waals surface area contributed by atoms with Crippen molar-refractivity contribution in [2.75, 3.05) is 29.9 Å². The van der Waals surface area contributed by atoms with Gasteiger partial charge >= 0.3 is 0 Å². The largest absolute Gasteiger partial charge is 0.299 e. The molecule has 0 aromatic carbocycles. The number of nitrogens with one attached hydrogen (secondary N) is 1. The van der Waals surface area contributed by atoms with Gasteiger partial charge < -0.3 is 0 Å². The Kier molecular flexibility index (Phi) is 5.21. The smallest absolute Gasteiger partial charge is 0.294 e. The van der Waals surface area contributed by atoms with Crippen LogP contribution in [0.4, 0.5) is 5.95 Å². The number of carbonyl (C=O) groups excluding carboxylic acids is 1. The molecule has 11 heteroatoms. The quantitative estimate of drug-likeness (QED) is 0.591. The van der Waals surface area contributed by atoms with Gasteiger partial charge in [0.25, 0.3) is 5.91 Å². The predicted molar refractivity (Wildman–Crippen MR) is 108 cm³/mol. The molecule has 0 radical (unpaired) electrons. The van der Waals surface area contributed by atoms with Crippen LogP contribution in [0.5, 0.6) is 0 Å². The lowest BCUT2D eigenvalue weighted by Gasteiger charge is -2.40. The summed E-state index contributed by atoms with van der Waals surface area (Å²) in [5.74, 6) is 0.665. The average molecular weight is 423 g/mol. The number of anilines is 1. The second-order valence-electron chi connectivity index (χ2n) is 6.50. The van der Waals surface area contributed by atoms with Crippen LogP contribution in [-0.4, -0.2) is 63.9 Å². The third-order valence-electron chi connectivity index (χ3n) is 4.52. The highest BCUT2D eigenvalue weighted by molar-refractivity contribution is 8.24. The Hall–Kier alpha value is -2.24. The van der Waals surface area contributed by atoms with E-state index in [1.54, 1.807) is 10.6 Å². The Bertz CT molecular complexity index is 1000. The summed E-state index contributed by atoms with van der Waals surface area (Å²) < 4.78 is 21.3. The van der Waals surface area contributed by atoms with Gasteiger partial charge in [-0.3, -0.25) is 28.5 Å². The molecule has 1 aliphatic rings. The highest BCUT2D eigenvalue weighted by atomic mass is 35.5. The lowest BCUT2D eigenvalue weighted by atomic mass is 10.3. The molecule has 4 rings (SSSR count). The summed E-state index contributed by atoms with van der Waals surface area (Å²) in [5, 5.41) is 3.01. The summed E-state index contributed by atoms with van der Waals surface area (Å²) in [6.45, 7) is 1.68. The van der Waals surface area contributed by atoms with Crippen LogP contribution in [0, 0.1) is 0 Å². The van der Waals surface area contributed by atoms with E-state index in [0.29, 0.717) is 36.2 Å². The molecule has 148 valence electrons. The number of nitrogens with zero attached hydrogens (tertiary/aromatic N) is 5. The standard InChI is InChI=1S/C17H19ClN6O3S/c18-12-9-19-17(20-10-12)22-16(25)15-21-13(14-3-1-2-4-24(14)15)11-23-5-7-28(26,27)8-6-23/h1-4,9-10,26-27H,5-8,11H2,(H,19,20,22,25). The van der Waals surface area contributed by atoms with Gasteiger partial charge in [0.1, 0.15) is 0 Å². The molecule has 4 heterocycles. The maximum atomic E-state index is 12.7. The fourth-order valence-corrected chi connectivity index (χ4v) is 4.45. The number of carbonyl (C=O) groups is 1. The van der Waals surface area contributed by atoms with Crippen molar-refractivity contribution >= 4 is 39.6 Å². The van der Waals surface area contributed by atoms with Crippen molar-refractivity contribution in [3.8, 4) is 0 Å².